The van der Waals surface area contributed by atoms with Crippen molar-refractivity contribution in [1.82, 2.24) is 6.15 Å². The number of aliphatic hydroxyl groups is 3. The molecule has 0 rings (SSSR count). The van der Waals surface area contributed by atoms with E-state index in [0.717, 1.165) is 20.8 Å². The van der Waals surface area contributed by atoms with E-state index in [1.807, 2.05) is 0 Å². The van der Waals surface area contributed by atoms with E-state index in [0.29, 0.717) is 0 Å². The summed E-state index contributed by atoms with van der Waals surface area (Å²) in [4.78, 5) is 28.0. The van der Waals surface area contributed by atoms with E-state index in [1.165, 1.54) is 0 Å². The smallest absolute Gasteiger partial charge is 0.547 e. The van der Waals surface area contributed by atoms with Crippen LogP contribution in [0, 0.1) is 0 Å². The molecule has 10 nitrogen and oxygen atoms in total. The van der Waals surface area contributed by atoms with Crippen LogP contribution in [0.2, 0.25) is 0 Å². The van der Waals surface area contributed by atoms with Crippen LogP contribution in [0.25, 0.3) is 0 Å². The second-order valence-electron chi connectivity index (χ2n) is 2.99. The Morgan fingerprint density at radius 3 is 0.737 bits per heavy atom. The molecule has 0 aromatic rings. The molecule has 0 bridgehead atoms. The molecular weight excluding hydrogens is 266 g/mol. The lowest BCUT2D eigenvalue weighted by Crippen LogP contribution is -2.32. The van der Waals surface area contributed by atoms with E-state index in [4.69, 9.17) is 15.3 Å². The van der Waals surface area contributed by atoms with Gasteiger partial charge in [-0.3, -0.25) is 0 Å². The van der Waals surface area contributed by atoms with Gasteiger partial charge in [0.25, 0.3) is 0 Å². The van der Waals surface area contributed by atoms with Crippen LogP contribution < -0.4 is 21.5 Å². The molecule has 19 heavy (non-hydrogen) atoms. The molecular formula is C9H15NO9. The Morgan fingerprint density at radius 1 is 0.684 bits per heavy atom. The summed E-state index contributed by atoms with van der Waals surface area (Å²) in [5.41, 5.74) is 0. The first-order valence-electron chi connectivity index (χ1n) is 4.60. The van der Waals surface area contributed by atoms with Gasteiger partial charge < -0.3 is 45.0 Å². The average Bonchev–Trinajstić information content (AvgIpc) is 2.18. The number of nitrogens with zero attached hydrogens (tertiary/aromatic N) is 1. The fraction of sp³-hybridized carbons (Fsp3) is 0.667. The van der Waals surface area contributed by atoms with Gasteiger partial charge in [-0.2, -0.15) is 0 Å². The van der Waals surface area contributed by atoms with Gasteiger partial charge in [0.05, 0.1) is 36.2 Å². The number of aliphatic hydroxyl groups excluding tert-OH is 3. The predicted molar refractivity (Wildman–Crippen MR) is 52.2 cm³/mol. The Morgan fingerprint density at radius 2 is 0.737 bits per heavy atom. The zero-order valence-corrected chi connectivity index (χ0v) is 10.5. The van der Waals surface area contributed by atoms with Crippen LogP contribution in [0.1, 0.15) is 20.8 Å². The Balaban J connectivity index is -0.0000000865. The van der Waals surface area contributed by atoms with Crippen molar-refractivity contribution in [3.63, 3.8) is 0 Å². The minimum atomic E-state index is -1.44. The molecule has 0 amide bonds. The van der Waals surface area contributed by atoms with Gasteiger partial charge in [0.2, 0.25) is 0 Å². The Hall–Kier alpha value is -2.00. The summed E-state index contributed by atoms with van der Waals surface area (Å²) < 4.78 is 0. The molecule has 3 atom stereocenters. The number of hydrogen-bond donors (Lipinski definition) is 3. The molecule has 0 fully saturated rings. The monoisotopic (exact) mass is 281 g/mol. The highest BCUT2D eigenvalue weighted by atomic mass is 16.4. The van der Waals surface area contributed by atoms with Crippen molar-refractivity contribution >= 4 is 17.9 Å². The highest BCUT2D eigenvalue weighted by Crippen LogP contribution is 1.70. The van der Waals surface area contributed by atoms with Crippen molar-refractivity contribution in [2.75, 3.05) is 0 Å². The fourth-order valence-electron chi connectivity index (χ4n) is 0. The van der Waals surface area contributed by atoms with Crippen LogP contribution in [-0.2, 0) is 14.4 Å². The van der Waals surface area contributed by atoms with Crippen molar-refractivity contribution in [3.8, 4) is 0 Å². The van der Waals surface area contributed by atoms with E-state index in [2.05, 4.69) is 0 Å². The average molecular weight is 281 g/mol. The first kappa shape index (κ1) is 25.8. The molecule has 0 saturated carbocycles. The maximum absolute atomic E-state index is 9.34. The topological polar surface area (TPSA) is 212 Å². The van der Waals surface area contributed by atoms with E-state index in [9.17, 15) is 29.7 Å². The summed E-state index contributed by atoms with van der Waals surface area (Å²) in [6.07, 6.45) is -4.03. The van der Waals surface area contributed by atoms with Crippen molar-refractivity contribution in [2.24, 2.45) is 0 Å². The second kappa shape index (κ2) is 14.1. The molecule has 3 unspecified atom stereocenters. The minimum absolute atomic E-state index is 0. The standard InChI is InChI=1S/3C3H6O3.N/c3*1-2(4)3(5)6;/h3*2,4H,1H3,(H,5,6);/q;;;+3/p-3. The van der Waals surface area contributed by atoms with Crippen LogP contribution in [0.3, 0.4) is 0 Å². The van der Waals surface area contributed by atoms with Crippen LogP contribution >= 0.6 is 0 Å². The first-order valence-corrected chi connectivity index (χ1v) is 4.60. The van der Waals surface area contributed by atoms with E-state index in [-0.39, 0.29) is 6.15 Å². The number of carboxylic acid groups (broad SMARTS) is 3. The molecule has 0 aliphatic heterocycles. The maximum Gasteiger partial charge on any atom is 3.00 e. The Labute approximate surface area is 109 Å². The summed E-state index contributed by atoms with van der Waals surface area (Å²) in [5, 5.41) is 51.9. The number of carbonyl (C=O) groups is 3. The number of hydrogen-bond acceptors (Lipinski definition) is 9. The number of carboxylic acids is 3. The van der Waals surface area contributed by atoms with Gasteiger partial charge in [-0.25, -0.2) is 0 Å². The van der Waals surface area contributed by atoms with Crippen LogP contribution in [-0.4, -0.2) is 51.5 Å². The third kappa shape index (κ3) is 31.4. The third-order valence-electron chi connectivity index (χ3n) is 1.02. The minimum Gasteiger partial charge on any atom is -0.547 e. The number of aliphatic carboxylic acids is 3. The van der Waals surface area contributed by atoms with Gasteiger partial charge in [0, 0.05) is 0 Å². The second-order valence-corrected chi connectivity index (χ2v) is 2.99. The zero-order chi connectivity index (χ0) is 15.5. The lowest BCUT2D eigenvalue weighted by molar-refractivity contribution is -0.315. The van der Waals surface area contributed by atoms with Crippen LogP contribution in [0.4, 0.5) is 0 Å². The largest absolute Gasteiger partial charge is 3.00 e. The normalized spacial score (nSPS) is 12.9. The van der Waals surface area contributed by atoms with Crippen LogP contribution in [0.15, 0.2) is 0 Å². The van der Waals surface area contributed by atoms with Gasteiger partial charge in [-0.1, -0.05) is 0 Å². The molecule has 0 aliphatic carbocycles. The summed E-state index contributed by atoms with van der Waals surface area (Å²) in [5.74, 6) is -4.31. The molecule has 0 aromatic carbocycles. The van der Waals surface area contributed by atoms with Gasteiger partial charge in [0.15, 0.2) is 0 Å². The highest BCUT2D eigenvalue weighted by molar-refractivity contribution is 5.69. The Kier molecular flexibility index (Phi) is 19.1. The van der Waals surface area contributed by atoms with Crippen LogP contribution in [0.5, 0.6) is 0 Å². The molecule has 0 saturated heterocycles. The van der Waals surface area contributed by atoms with Crippen molar-refractivity contribution < 1.29 is 45.0 Å². The number of carbonyl (C=O) groups excluding carboxylic acids is 3. The molecule has 0 spiro atoms. The molecule has 3 N–H and O–H groups in total. The molecule has 0 aliphatic rings. The quantitative estimate of drug-likeness (QED) is 0.448. The SMILES string of the molecule is CC(O)C(=O)[O-].CC(O)C(=O)[O-].CC(O)C(=O)[O-].[N+3]. The van der Waals surface area contributed by atoms with Crippen molar-refractivity contribution in [2.45, 2.75) is 39.1 Å². The zero-order valence-electron chi connectivity index (χ0n) is 10.5. The summed E-state index contributed by atoms with van der Waals surface area (Å²) >= 11 is 0. The molecule has 0 aromatic heterocycles. The van der Waals surface area contributed by atoms with E-state index >= 15 is 0 Å². The van der Waals surface area contributed by atoms with Gasteiger partial charge in [-0.05, 0) is 20.8 Å². The van der Waals surface area contributed by atoms with Crippen molar-refractivity contribution in [3.05, 3.63) is 0 Å². The van der Waals surface area contributed by atoms with Crippen molar-refractivity contribution in [1.29, 1.82) is 0 Å². The lowest BCUT2D eigenvalue weighted by Gasteiger charge is -2.00. The Bertz CT molecular complexity index is 220. The maximum atomic E-state index is 9.34. The fourth-order valence-corrected chi connectivity index (χ4v) is 0. The molecule has 2 radical (unpaired) electrons. The summed E-state index contributed by atoms with van der Waals surface area (Å²) in [6, 6.07) is 0. The predicted octanol–water partition coefficient (Wildman–Crippen LogP) is -6.13. The molecule has 0 heterocycles. The van der Waals surface area contributed by atoms with Gasteiger partial charge in [-0.15, -0.1) is 0 Å². The molecule has 10 heteroatoms. The summed E-state index contributed by atoms with van der Waals surface area (Å²) in [7, 11) is 0. The van der Waals surface area contributed by atoms with Gasteiger partial charge >= 0.3 is 6.15 Å². The highest BCUT2D eigenvalue weighted by Gasteiger charge is 3.00. The lowest BCUT2D eigenvalue weighted by atomic mass is 10.4. The van der Waals surface area contributed by atoms with E-state index < -0.39 is 36.2 Å². The summed E-state index contributed by atoms with van der Waals surface area (Å²) in [6.45, 7) is 3.40. The van der Waals surface area contributed by atoms with Gasteiger partial charge in [0.1, 0.15) is 0 Å². The first-order chi connectivity index (χ1) is 7.93. The van der Waals surface area contributed by atoms with E-state index in [1.54, 1.807) is 0 Å². The number of rotatable bonds is 3. The molecule has 110 valence electrons. The third-order valence-corrected chi connectivity index (χ3v) is 1.02.